The monoisotopic (exact) mass is 230 g/mol. The van der Waals surface area contributed by atoms with E-state index in [1.807, 2.05) is 6.07 Å². The molecule has 2 rings (SSSR count). The number of hydrogen-bond acceptors (Lipinski definition) is 1. The highest BCUT2D eigenvalue weighted by Gasteiger charge is 2.08. The summed E-state index contributed by atoms with van der Waals surface area (Å²) in [7, 11) is 0. The Morgan fingerprint density at radius 3 is 2.53 bits per heavy atom. The van der Waals surface area contributed by atoms with Crippen LogP contribution in [0.4, 0.5) is 0 Å². The van der Waals surface area contributed by atoms with Crippen LogP contribution >= 0.6 is 0 Å². The van der Waals surface area contributed by atoms with E-state index in [9.17, 15) is 0 Å². The van der Waals surface area contributed by atoms with Gasteiger partial charge in [-0.3, -0.25) is 0 Å². The van der Waals surface area contributed by atoms with Gasteiger partial charge in [0.2, 0.25) is 0 Å². The van der Waals surface area contributed by atoms with Crippen molar-refractivity contribution in [1.29, 1.82) is 0 Å². The second-order valence-corrected chi connectivity index (χ2v) is 4.81. The summed E-state index contributed by atoms with van der Waals surface area (Å²) in [6.45, 7) is 4.43. The zero-order valence-corrected chi connectivity index (χ0v) is 11.0. The van der Waals surface area contributed by atoms with Crippen molar-refractivity contribution in [3.8, 4) is 0 Å². The van der Waals surface area contributed by atoms with Gasteiger partial charge in [0.15, 0.2) is 0 Å². The molecule has 92 valence electrons. The van der Waals surface area contributed by atoms with Crippen molar-refractivity contribution in [2.45, 2.75) is 52.4 Å². The number of rotatable bonds is 6. The van der Waals surface area contributed by atoms with Crippen molar-refractivity contribution < 1.29 is 4.42 Å². The number of unbranched alkanes of at least 4 members (excludes halogenated alkanes) is 4. The maximum Gasteiger partial charge on any atom is 0.134 e. The van der Waals surface area contributed by atoms with Crippen LogP contribution in [0.5, 0.6) is 0 Å². The van der Waals surface area contributed by atoms with Gasteiger partial charge < -0.3 is 4.42 Å². The molecule has 0 aliphatic heterocycles. The van der Waals surface area contributed by atoms with Crippen molar-refractivity contribution in [1.82, 2.24) is 0 Å². The Kier molecular flexibility index (Phi) is 4.24. The SMILES string of the molecule is CCCCCCCc1oc2ccccc2c1C. The molecule has 0 aliphatic carbocycles. The number of para-hydroxylation sites is 1. The van der Waals surface area contributed by atoms with E-state index in [0.29, 0.717) is 0 Å². The predicted molar refractivity (Wildman–Crippen MR) is 73.4 cm³/mol. The Hall–Kier alpha value is -1.24. The van der Waals surface area contributed by atoms with E-state index in [1.165, 1.54) is 48.8 Å². The molecule has 0 amide bonds. The third-order valence-electron chi connectivity index (χ3n) is 3.45. The molecule has 0 radical (unpaired) electrons. The quantitative estimate of drug-likeness (QED) is 0.617. The van der Waals surface area contributed by atoms with Gasteiger partial charge in [-0.2, -0.15) is 0 Å². The number of furan rings is 1. The molecular formula is C16H22O. The van der Waals surface area contributed by atoms with E-state index >= 15 is 0 Å². The van der Waals surface area contributed by atoms with E-state index in [0.717, 1.165) is 12.0 Å². The average molecular weight is 230 g/mol. The third kappa shape index (κ3) is 2.91. The summed E-state index contributed by atoms with van der Waals surface area (Å²) in [5.74, 6) is 1.18. The lowest BCUT2D eigenvalue weighted by molar-refractivity contribution is 0.521. The molecule has 0 saturated heterocycles. The van der Waals surface area contributed by atoms with Crippen molar-refractivity contribution >= 4 is 11.0 Å². The van der Waals surface area contributed by atoms with Gasteiger partial charge in [-0.05, 0) is 25.0 Å². The highest BCUT2D eigenvalue weighted by Crippen LogP contribution is 2.26. The fourth-order valence-electron chi connectivity index (χ4n) is 2.35. The van der Waals surface area contributed by atoms with Crippen LogP contribution in [0, 0.1) is 6.92 Å². The van der Waals surface area contributed by atoms with Crippen LogP contribution in [0.2, 0.25) is 0 Å². The minimum absolute atomic E-state index is 1.04. The van der Waals surface area contributed by atoms with Gasteiger partial charge in [-0.15, -0.1) is 0 Å². The van der Waals surface area contributed by atoms with Crippen molar-refractivity contribution in [3.63, 3.8) is 0 Å². The van der Waals surface area contributed by atoms with Crippen molar-refractivity contribution in [2.24, 2.45) is 0 Å². The molecule has 0 bridgehead atoms. The zero-order chi connectivity index (χ0) is 12.1. The summed E-state index contributed by atoms with van der Waals surface area (Å²) in [5, 5.41) is 1.27. The van der Waals surface area contributed by atoms with E-state index < -0.39 is 0 Å². The fraction of sp³-hybridized carbons (Fsp3) is 0.500. The summed E-state index contributed by atoms with van der Waals surface area (Å²) in [6.07, 6.45) is 7.69. The lowest BCUT2D eigenvalue weighted by Crippen LogP contribution is -1.86. The smallest absolute Gasteiger partial charge is 0.134 e. The highest BCUT2D eigenvalue weighted by atomic mass is 16.3. The minimum Gasteiger partial charge on any atom is -0.461 e. The summed E-state index contributed by atoms with van der Waals surface area (Å²) < 4.78 is 5.91. The van der Waals surface area contributed by atoms with Crippen LogP contribution in [0.1, 0.15) is 50.4 Å². The number of benzene rings is 1. The standard InChI is InChI=1S/C16H22O/c1-3-4-5-6-7-11-15-13(2)14-10-8-9-12-16(14)17-15/h8-10,12H,3-7,11H2,1-2H3. The van der Waals surface area contributed by atoms with Crippen LogP contribution < -0.4 is 0 Å². The molecule has 0 unspecified atom stereocenters. The first kappa shape index (κ1) is 12.2. The first-order valence-electron chi connectivity index (χ1n) is 6.80. The van der Waals surface area contributed by atoms with Crippen LogP contribution in [-0.4, -0.2) is 0 Å². The molecule has 1 heterocycles. The lowest BCUT2D eigenvalue weighted by atomic mass is 10.1. The average Bonchev–Trinajstić information content (AvgIpc) is 2.67. The molecule has 0 atom stereocenters. The van der Waals surface area contributed by atoms with Gasteiger partial charge in [0, 0.05) is 11.8 Å². The third-order valence-corrected chi connectivity index (χ3v) is 3.45. The molecule has 1 aromatic carbocycles. The Labute approximate surface area is 104 Å². The highest BCUT2D eigenvalue weighted by molar-refractivity contribution is 5.81. The van der Waals surface area contributed by atoms with E-state index in [1.54, 1.807) is 0 Å². The fourth-order valence-corrected chi connectivity index (χ4v) is 2.35. The Morgan fingerprint density at radius 1 is 1.00 bits per heavy atom. The van der Waals surface area contributed by atoms with Crippen LogP contribution in [-0.2, 0) is 6.42 Å². The van der Waals surface area contributed by atoms with Crippen LogP contribution in [0.3, 0.4) is 0 Å². The Bertz CT molecular complexity index is 467. The topological polar surface area (TPSA) is 13.1 Å². The van der Waals surface area contributed by atoms with Gasteiger partial charge in [-0.1, -0.05) is 50.8 Å². The molecule has 0 fully saturated rings. The summed E-state index contributed by atoms with van der Waals surface area (Å²) in [5.41, 5.74) is 2.37. The van der Waals surface area contributed by atoms with Gasteiger partial charge in [-0.25, -0.2) is 0 Å². The second kappa shape index (κ2) is 5.90. The Balaban J connectivity index is 1.97. The van der Waals surface area contributed by atoms with Gasteiger partial charge >= 0.3 is 0 Å². The summed E-state index contributed by atoms with van der Waals surface area (Å²) >= 11 is 0. The van der Waals surface area contributed by atoms with Crippen molar-refractivity contribution in [2.75, 3.05) is 0 Å². The van der Waals surface area contributed by atoms with E-state index in [2.05, 4.69) is 32.0 Å². The molecule has 2 aromatic rings. The molecule has 0 spiro atoms. The summed E-state index contributed by atoms with van der Waals surface area (Å²) in [6, 6.07) is 8.32. The van der Waals surface area contributed by atoms with Crippen molar-refractivity contribution in [3.05, 3.63) is 35.6 Å². The summed E-state index contributed by atoms with van der Waals surface area (Å²) in [4.78, 5) is 0. The maximum absolute atomic E-state index is 5.91. The normalized spacial score (nSPS) is 11.2. The molecule has 0 aliphatic rings. The maximum atomic E-state index is 5.91. The number of fused-ring (bicyclic) bond motifs is 1. The molecule has 1 aromatic heterocycles. The van der Waals surface area contributed by atoms with Crippen LogP contribution in [0.25, 0.3) is 11.0 Å². The molecule has 1 nitrogen and oxygen atoms in total. The largest absolute Gasteiger partial charge is 0.461 e. The predicted octanol–water partition coefficient (Wildman–Crippen LogP) is 5.25. The van der Waals surface area contributed by atoms with Gasteiger partial charge in [0.25, 0.3) is 0 Å². The molecular weight excluding hydrogens is 208 g/mol. The second-order valence-electron chi connectivity index (χ2n) is 4.81. The first-order chi connectivity index (χ1) is 8.33. The van der Waals surface area contributed by atoms with Gasteiger partial charge in [0.1, 0.15) is 11.3 Å². The number of aryl methyl sites for hydroxylation is 2. The lowest BCUT2D eigenvalue weighted by Gasteiger charge is -1.99. The molecule has 1 heteroatoms. The van der Waals surface area contributed by atoms with E-state index in [-0.39, 0.29) is 0 Å². The van der Waals surface area contributed by atoms with Gasteiger partial charge in [0.05, 0.1) is 0 Å². The first-order valence-corrected chi connectivity index (χ1v) is 6.80. The molecule has 0 saturated carbocycles. The molecule has 17 heavy (non-hydrogen) atoms. The van der Waals surface area contributed by atoms with Crippen LogP contribution in [0.15, 0.2) is 28.7 Å². The van der Waals surface area contributed by atoms with E-state index in [4.69, 9.17) is 4.42 Å². The minimum atomic E-state index is 1.04. The Morgan fingerprint density at radius 2 is 1.76 bits per heavy atom. The number of hydrogen-bond donors (Lipinski definition) is 0. The zero-order valence-electron chi connectivity index (χ0n) is 11.0. The molecule has 0 N–H and O–H groups in total.